The van der Waals surface area contributed by atoms with E-state index in [-0.39, 0.29) is 11.9 Å². The zero-order valence-corrected chi connectivity index (χ0v) is 18.6. The second-order valence-corrected chi connectivity index (χ2v) is 8.48. The Morgan fingerprint density at radius 1 is 0.970 bits per heavy atom. The van der Waals surface area contributed by atoms with Crippen molar-refractivity contribution in [1.82, 2.24) is 20.4 Å². The Hall–Kier alpha value is -3.77. The molecule has 1 saturated heterocycles. The van der Waals surface area contributed by atoms with Crippen LogP contribution in [-0.2, 0) is 6.54 Å². The molecule has 1 aliphatic heterocycles. The molecule has 6 nitrogen and oxygen atoms in total. The van der Waals surface area contributed by atoms with Gasteiger partial charge in [-0.25, -0.2) is 0 Å². The average molecular weight is 439 g/mol. The topological polar surface area (TPSA) is 71.3 Å². The first-order valence-electron chi connectivity index (χ1n) is 11.2. The van der Waals surface area contributed by atoms with Gasteiger partial charge in [0.2, 0.25) is 11.8 Å². The Morgan fingerprint density at radius 2 is 1.70 bits per heavy atom. The van der Waals surface area contributed by atoms with Gasteiger partial charge in [-0.05, 0) is 54.8 Å². The van der Waals surface area contributed by atoms with Crippen LogP contribution < -0.4 is 5.32 Å². The van der Waals surface area contributed by atoms with Crippen LogP contribution in [0.2, 0.25) is 0 Å². The minimum absolute atomic E-state index is 0.0563. The zero-order chi connectivity index (χ0) is 22.6. The third-order valence-corrected chi connectivity index (χ3v) is 6.05. The fourth-order valence-electron chi connectivity index (χ4n) is 4.23. The number of aryl methyl sites for hydroxylation is 1. The third-order valence-electron chi connectivity index (χ3n) is 6.05. The summed E-state index contributed by atoms with van der Waals surface area (Å²) in [6, 6.07) is 25.8. The van der Waals surface area contributed by atoms with Crippen molar-refractivity contribution >= 4 is 5.91 Å². The number of nitrogens with one attached hydrogen (secondary N) is 1. The Kier molecular flexibility index (Phi) is 6.00. The van der Waals surface area contributed by atoms with Crippen molar-refractivity contribution in [3.05, 3.63) is 95.6 Å². The summed E-state index contributed by atoms with van der Waals surface area (Å²) in [5.74, 6) is 0.873. The van der Waals surface area contributed by atoms with Crippen LogP contribution in [0.3, 0.4) is 0 Å². The van der Waals surface area contributed by atoms with E-state index in [2.05, 4.69) is 44.7 Å². The standard InChI is InChI=1S/C27H26N4O2/c1-19-7-5-6-10-24(19)27-30-29-26(33-27)22-13-11-21(12-14-22)25(32)28-23-15-16-31(18-23)17-20-8-3-2-4-9-20/h2-14,23H,15-18H2,1H3,(H,28,32). The molecule has 1 atom stereocenters. The Morgan fingerprint density at radius 3 is 2.48 bits per heavy atom. The van der Waals surface area contributed by atoms with Crippen molar-refractivity contribution in [2.75, 3.05) is 13.1 Å². The number of amides is 1. The summed E-state index contributed by atoms with van der Waals surface area (Å²) in [7, 11) is 0. The second-order valence-electron chi connectivity index (χ2n) is 8.48. The van der Waals surface area contributed by atoms with E-state index in [9.17, 15) is 4.79 Å². The molecule has 2 heterocycles. The second kappa shape index (κ2) is 9.38. The molecule has 0 aliphatic carbocycles. The van der Waals surface area contributed by atoms with E-state index in [1.807, 2.05) is 49.4 Å². The molecule has 1 unspecified atom stereocenters. The molecule has 1 fully saturated rings. The molecular weight excluding hydrogens is 412 g/mol. The first-order chi connectivity index (χ1) is 16.2. The molecule has 33 heavy (non-hydrogen) atoms. The van der Waals surface area contributed by atoms with E-state index in [1.54, 1.807) is 12.1 Å². The van der Waals surface area contributed by atoms with Crippen LogP contribution in [-0.4, -0.2) is 40.1 Å². The molecule has 0 bridgehead atoms. The van der Waals surface area contributed by atoms with Gasteiger partial charge in [0.15, 0.2) is 0 Å². The summed E-state index contributed by atoms with van der Waals surface area (Å²) in [6.07, 6.45) is 0.959. The quantitative estimate of drug-likeness (QED) is 0.472. The fraction of sp³-hybridized carbons (Fsp3) is 0.222. The van der Waals surface area contributed by atoms with Gasteiger partial charge in [-0.2, -0.15) is 0 Å². The fourth-order valence-corrected chi connectivity index (χ4v) is 4.23. The normalized spacial score (nSPS) is 16.1. The molecule has 0 radical (unpaired) electrons. The maximum atomic E-state index is 12.8. The number of likely N-dealkylation sites (tertiary alicyclic amines) is 1. The number of rotatable bonds is 6. The highest BCUT2D eigenvalue weighted by Gasteiger charge is 2.24. The third kappa shape index (κ3) is 4.86. The summed E-state index contributed by atoms with van der Waals surface area (Å²) < 4.78 is 5.88. The van der Waals surface area contributed by atoms with Gasteiger partial charge < -0.3 is 9.73 Å². The van der Waals surface area contributed by atoms with Crippen molar-refractivity contribution in [3.8, 4) is 22.9 Å². The van der Waals surface area contributed by atoms with Crippen LogP contribution in [0, 0.1) is 6.92 Å². The lowest BCUT2D eigenvalue weighted by Crippen LogP contribution is -2.36. The van der Waals surface area contributed by atoms with Gasteiger partial charge in [-0.3, -0.25) is 9.69 Å². The highest BCUT2D eigenvalue weighted by molar-refractivity contribution is 5.94. The Bertz CT molecular complexity index is 1230. The summed E-state index contributed by atoms with van der Waals surface area (Å²) in [4.78, 5) is 15.1. The molecule has 6 heteroatoms. The van der Waals surface area contributed by atoms with Crippen LogP contribution in [0.4, 0.5) is 0 Å². The van der Waals surface area contributed by atoms with Crippen LogP contribution >= 0.6 is 0 Å². The predicted octanol–water partition coefficient (Wildman–Crippen LogP) is 4.72. The van der Waals surface area contributed by atoms with Crippen LogP contribution in [0.1, 0.15) is 27.9 Å². The van der Waals surface area contributed by atoms with Gasteiger partial charge in [0.1, 0.15) is 0 Å². The maximum Gasteiger partial charge on any atom is 0.251 e. The van der Waals surface area contributed by atoms with E-state index >= 15 is 0 Å². The first-order valence-corrected chi connectivity index (χ1v) is 11.2. The molecule has 1 N–H and O–H groups in total. The Labute approximate surface area is 193 Å². The predicted molar refractivity (Wildman–Crippen MR) is 127 cm³/mol. The highest BCUT2D eigenvalue weighted by atomic mass is 16.4. The van der Waals surface area contributed by atoms with E-state index in [0.29, 0.717) is 17.3 Å². The molecular formula is C27H26N4O2. The smallest absolute Gasteiger partial charge is 0.251 e. The van der Waals surface area contributed by atoms with Crippen molar-refractivity contribution in [2.45, 2.75) is 25.9 Å². The summed E-state index contributed by atoms with van der Waals surface area (Å²) in [6.45, 7) is 4.77. The SMILES string of the molecule is Cc1ccccc1-c1nnc(-c2ccc(C(=O)NC3CCN(Cc4ccccc4)C3)cc2)o1. The zero-order valence-electron chi connectivity index (χ0n) is 18.6. The largest absolute Gasteiger partial charge is 0.416 e. The van der Waals surface area contributed by atoms with Gasteiger partial charge in [0.05, 0.1) is 0 Å². The molecule has 1 amide bonds. The maximum absolute atomic E-state index is 12.8. The van der Waals surface area contributed by atoms with Gasteiger partial charge >= 0.3 is 0 Å². The Balaban J connectivity index is 1.20. The van der Waals surface area contributed by atoms with E-state index < -0.39 is 0 Å². The molecule has 0 spiro atoms. The molecule has 1 aliphatic rings. The van der Waals surface area contributed by atoms with E-state index in [4.69, 9.17) is 4.42 Å². The summed E-state index contributed by atoms with van der Waals surface area (Å²) in [5.41, 5.74) is 4.71. The monoisotopic (exact) mass is 438 g/mol. The van der Waals surface area contributed by atoms with Crippen LogP contribution in [0.25, 0.3) is 22.9 Å². The number of nitrogens with zero attached hydrogens (tertiary/aromatic N) is 3. The van der Waals surface area contributed by atoms with Gasteiger partial charge in [-0.1, -0.05) is 48.5 Å². The first kappa shape index (κ1) is 21.1. The minimum Gasteiger partial charge on any atom is -0.416 e. The number of benzene rings is 3. The molecule has 5 rings (SSSR count). The average Bonchev–Trinajstić information content (AvgIpc) is 3.50. The lowest BCUT2D eigenvalue weighted by molar-refractivity contribution is 0.0937. The van der Waals surface area contributed by atoms with Crippen molar-refractivity contribution in [3.63, 3.8) is 0 Å². The van der Waals surface area contributed by atoms with Crippen molar-refractivity contribution in [2.24, 2.45) is 0 Å². The summed E-state index contributed by atoms with van der Waals surface area (Å²) in [5, 5.41) is 11.5. The van der Waals surface area contributed by atoms with E-state index in [0.717, 1.165) is 42.7 Å². The van der Waals surface area contributed by atoms with Gasteiger partial charge in [-0.15, -0.1) is 10.2 Å². The van der Waals surface area contributed by atoms with Crippen LogP contribution in [0.15, 0.2) is 83.3 Å². The molecule has 0 saturated carbocycles. The van der Waals surface area contributed by atoms with Crippen molar-refractivity contribution < 1.29 is 9.21 Å². The number of hydrogen-bond donors (Lipinski definition) is 1. The van der Waals surface area contributed by atoms with E-state index in [1.165, 1.54) is 5.56 Å². The lowest BCUT2D eigenvalue weighted by Gasteiger charge is -2.17. The highest BCUT2D eigenvalue weighted by Crippen LogP contribution is 2.26. The summed E-state index contributed by atoms with van der Waals surface area (Å²) >= 11 is 0. The lowest BCUT2D eigenvalue weighted by atomic mass is 10.1. The molecule has 3 aromatic carbocycles. The van der Waals surface area contributed by atoms with Crippen LogP contribution in [0.5, 0.6) is 0 Å². The number of carbonyl (C=O) groups excluding carboxylic acids is 1. The number of hydrogen-bond acceptors (Lipinski definition) is 5. The number of aromatic nitrogens is 2. The molecule has 4 aromatic rings. The van der Waals surface area contributed by atoms with Gasteiger partial charge in [0, 0.05) is 42.4 Å². The molecule has 1 aromatic heterocycles. The minimum atomic E-state index is -0.0563. The molecule has 166 valence electrons. The van der Waals surface area contributed by atoms with Crippen molar-refractivity contribution in [1.29, 1.82) is 0 Å². The van der Waals surface area contributed by atoms with Gasteiger partial charge in [0.25, 0.3) is 5.91 Å². The number of carbonyl (C=O) groups is 1.